The van der Waals surface area contributed by atoms with Crippen molar-refractivity contribution in [2.24, 2.45) is 0 Å². The summed E-state index contributed by atoms with van der Waals surface area (Å²) in [6.45, 7) is 8.62. The van der Waals surface area contributed by atoms with Gasteiger partial charge in [0, 0.05) is 10.7 Å². The molecule has 5 aromatic rings. The van der Waals surface area contributed by atoms with Gasteiger partial charge in [-0.25, -0.2) is 4.79 Å². The van der Waals surface area contributed by atoms with E-state index in [1.54, 1.807) is 12.1 Å². The molecule has 1 heterocycles. The minimum absolute atomic E-state index is 0.131. The Kier molecular flexibility index (Phi) is 9.56. The van der Waals surface area contributed by atoms with Crippen LogP contribution in [0.2, 0.25) is 5.02 Å². The van der Waals surface area contributed by atoms with Gasteiger partial charge in [-0.2, -0.15) is 0 Å². The van der Waals surface area contributed by atoms with Crippen LogP contribution in [-0.2, 0) is 16.0 Å². The molecule has 6 nitrogen and oxygen atoms in total. The maximum atomic E-state index is 14.0. The molecule has 0 unspecified atom stereocenters. The van der Waals surface area contributed by atoms with Gasteiger partial charge in [0.1, 0.15) is 18.8 Å². The summed E-state index contributed by atoms with van der Waals surface area (Å²) >= 11 is 6.16. The Labute approximate surface area is 286 Å². The number of aryl methyl sites for hydroxylation is 1. The first-order valence-corrected chi connectivity index (χ1v) is 16.4. The van der Waals surface area contributed by atoms with Gasteiger partial charge in [-0.15, -0.1) is 0 Å². The van der Waals surface area contributed by atoms with E-state index >= 15 is 0 Å². The zero-order valence-electron chi connectivity index (χ0n) is 27.5. The maximum Gasteiger partial charge on any atom is 0.338 e. The molecule has 0 saturated heterocycles. The second kappa shape index (κ2) is 14.0. The summed E-state index contributed by atoms with van der Waals surface area (Å²) in [5, 5.41) is 3.83. The number of esters is 1. The molecule has 0 spiro atoms. The van der Waals surface area contributed by atoms with Crippen molar-refractivity contribution >= 4 is 29.2 Å². The number of rotatable bonds is 8. The van der Waals surface area contributed by atoms with Crippen LogP contribution < -0.4 is 14.8 Å². The number of hydrogen-bond acceptors (Lipinski definition) is 5. The Morgan fingerprint density at radius 2 is 1.42 bits per heavy atom. The van der Waals surface area contributed by atoms with Crippen LogP contribution in [0.3, 0.4) is 0 Å². The third kappa shape index (κ3) is 7.89. The molecule has 0 aromatic heterocycles. The molecule has 1 aliphatic rings. The minimum atomic E-state index is -0.586. The standard InChI is InChI=1S/C41H38ClNO5/c1-26-23-33(42)16-19-35(26)29-13-17-34(18-14-29)43-39(44)36(24-27-5-7-31(8-6-27)40(45)48-41(2,3)4)30-11-9-28(10-12-30)32-15-20-37-38(25-32)47-22-21-46-37/h5-20,23,25,36H,21-22,24H2,1-4H3,(H,43,44)/t36-/m1/s1. The fourth-order valence-electron chi connectivity index (χ4n) is 5.76. The highest BCUT2D eigenvalue weighted by molar-refractivity contribution is 6.30. The topological polar surface area (TPSA) is 73.9 Å². The Hall–Kier alpha value is -5.07. The number of halogens is 1. The van der Waals surface area contributed by atoms with Crippen LogP contribution in [-0.4, -0.2) is 30.7 Å². The summed E-state index contributed by atoms with van der Waals surface area (Å²) in [5.41, 5.74) is 7.59. The van der Waals surface area contributed by atoms with Crippen molar-refractivity contribution in [2.45, 2.75) is 45.6 Å². The van der Waals surface area contributed by atoms with E-state index in [4.69, 9.17) is 25.8 Å². The third-order valence-corrected chi connectivity index (χ3v) is 8.42. The van der Waals surface area contributed by atoms with Crippen molar-refractivity contribution in [3.63, 3.8) is 0 Å². The van der Waals surface area contributed by atoms with Crippen LogP contribution in [0, 0.1) is 6.92 Å². The van der Waals surface area contributed by atoms with E-state index in [1.807, 2.05) is 125 Å². The van der Waals surface area contributed by atoms with Gasteiger partial charge in [-0.05, 0) is 122 Å². The van der Waals surface area contributed by atoms with E-state index in [0.29, 0.717) is 35.9 Å². The van der Waals surface area contributed by atoms with E-state index in [2.05, 4.69) is 5.32 Å². The predicted octanol–water partition coefficient (Wildman–Crippen LogP) is 9.67. The Morgan fingerprint density at radius 1 is 0.771 bits per heavy atom. The summed E-state index contributed by atoms with van der Waals surface area (Å²) in [7, 11) is 0. The van der Waals surface area contributed by atoms with Crippen molar-refractivity contribution in [2.75, 3.05) is 18.5 Å². The van der Waals surface area contributed by atoms with Gasteiger partial charge < -0.3 is 19.5 Å². The van der Waals surface area contributed by atoms with Gasteiger partial charge in [0.05, 0.1) is 11.5 Å². The summed E-state index contributed by atoms with van der Waals surface area (Å²) in [4.78, 5) is 26.6. The Balaban J connectivity index is 1.25. The minimum Gasteiger partial charge on any atom is -0.486 e. The molecular weight excluding hydrogens is 622 g/mol. The largest absolute Gasteiger partial charge is 0.486 e. The van der Waals surface area contributed by atoms with Gasteiger partial charge in [-0.3, -0.25) is 4.79 Å². The molecule has 1 amide bonds. The number of carbonyl (C=O) groups excluding carboxylic acids is 2. The van der Waals surface area contributed by atoms with Crippen LogP contribution in [0.1, 0.15) is 53.7 Å². The molecule has 1 aliphatic heterocycles. The number of amides is 1. The normalized spacial score (nSPS) is 13.0. The first-order valence-electron chi connectivity index (χ1n) is 16.0. The zero-order chi connectivity index (χ0) is 33.8. The summed E-state index contributed by atoms with van der Waals surface area (Å²) in [6, 6.07) is 34.9. The zero-order valence-corrected chi connectivity index (χ0v) is 28.3. The van der Waals surface area contributed by atoms with Crippen LogP contribution in [0.25, 0.3) is 22.3 Å². The predicted molar refractivity (Wildman–Crippen MR) is 191 cm³/mol. The molecule has 0 saturated carbocycles. The number of anilines is 1. The maximum absolute atomic E-state index is 14.0. The quantitative estimate of drug-likeness (QED) is 0.168. The van der Waals surface area contributed by atoms with E-state index in [1.165, 1.54) is 0 Å². The van der Waals surface area contributed by atoms with Crippen molar-refractivity contribution in [3.05, 3.63) is 136 Å². The molecule has 1 atom stereocenters. The molecule has 0 radical (unpaired) electrons. The van der Waals surface area contributed by atoms with Gasteiger partial charge in [0.25, 0.3) is 0 Å². The Morgan fingerprint density at radius 3 is 2.08 bits per heavy atom. The monoisotopic (exact) mass is 659 g/mol. The molecule has 0 aliphatic carbocycles. The van der Waals surface area contributed by atoms with E-state index < -0.39 is 11.5 Å². The summed E-state index contributed by atoms with van der Waals surface area (Å²) < 4.78 is 17.0. The van der Waals surface area contributed by atoms with Crippen LogP contribution in [0.5, 0.6) is 11.5 Å². The summed E-state index contributed by atoms with van der Waals surface area (Å²) in [5.74, 6) is 0.466. The van der Waals surface area contributed by atoms with E-state index in [0.717, 1.165) is 50.4 Å². The van der Waals surface area contributed by atoms with E-state index in [9.17, 15) is 9.59 Å². The molecule has 244 valence electrons. The number of nitrogens with one attached hydrogen (secondary N) is 1. The first-order chi connectivity index (χ1) is 23.0. The molecule has 0 fully saturated rings. The number of ether oxygens (including phenoxy) is 3. The lowest BCUT2D eigenvalue weighted by atomic mass is 9.89. The highest BCUT2D eigenvalue weighted by atomic mass is 35.5. The summed E-state index contributed by atoms with van der Waals surface area (Å²) in [6.07, 6.45) is 0.436. The third-order valence-electron chi connectivity index (χ3n) is 8.19. The first kappa shape index (κ1) is 32.9. The lowest BCUT2D eigenvalue weighted by Gasteiger charge is -2.20. The number of benzene rings is 5. The van der Waals surface area contributed by atoms with Gasteiger partial charge in [0.2, 0.25) is 5.91 Å². The van der Waals surface area contributed by atoms with Gasteiger partial charge in [0.15, 0.2) is 11.5 Å². The number of fused-ring (bicyclic) bond motifs is 1. The fourth-order valence-corrected chi connectivity index (χ4v) is 5.98. The van der Waals surface area contributed by atoms with Gasteiger partial charge in [-0.1, -0.05) is 72.3 Å². The molecule has 5 aromatic carbocycles. The molecular formula is C41H38ClNO5. The smallest absolute Gasteiger partial charge is 0.338 e. The number of hydrogen-bond donors (Lipinski definition) is 1. The lowest BCUT2D eigenvalue weighted by molar-refractivity contribution is -0.117. The van der Waals surface area contributed by atoms with Crippen LogP contribution in [0.4, 0.5) is 5.69 Å². The number of carbonyl (C=O) groups is 2. The highest BCUT2D eigenvalue weighted by Gasteiger charge is 2.23. The Bertz CT molecular complexity index is 1930. The SMILES string of the molecule is Cc1cc(Cl)ccc1-c1ccc(NC(=O)[C@H](Cc2ccc(C(=O)OC(C)(C)C)cc2)c2ccc(-c3ccc4c(c3)OCCO4)cc2)cc1. The van der Waals surface area contributed by atoms with Crippen LogP contribution >= 0.6 is 11.6 Å². The lowest BCUT2D eigenvalue weighted by Crippen LogP contribution is -2.24. The van der Waals surface area contributed by atoms with Crippen molar-refractivity contribution in [1.82, 2.24) is 0 Å². The average molecular weight is 660 g/mol. The molecule has 1 N–H and O–H groups in total. The molecule has 6 rings (SSSR count). The van der Waals surface area contributed by atoms with Crippen LogP contribution in [0.15, 0.2) is 109 Å². The van der Waals surface area contributed by atoms with Crippen molar-refractivity contribution in [1.29, 1.82) is 0 Å². The molecule has 7 heteroatoms. The molecule has 48 heavy (non-hydrogen) atoms. The average Bonchev–Trinajstić information content (AvgIpc) is 3.07. The van der Waals surface area contributed by atoms with Crippen molar-refractivity contribution in [3.8, 4) is 33.8 Å². The van der Waals surface area contributed by atoms with Gasteiger partial charge >= 0.3 is 5.97 Å². The molecule has 0 bridgehead atoms. The second-order valence-electron chi connectivity index (χ2n) is 13.0. The van der Waals surface area contributed by atoms with Crippen molar-refractivity contribution < 1.29 is 23.8 Å². The highest BCUT2D eigenvalue weighted by Crippen LogP contribution is 2.35. The fraction of sp³-hybridized carbons (Fsp3) is 0.220. The second-order valence-corrected chi connectivity index (χ2v) is 13.4. The van der Waals surface area contributed by atoms with E-state index in [-0.39, 0.29) is 11.9 Å².